The smallest absolute Gasteiger partial charge is 0.261 e. The number of nitrogens with zero attached hydrogens (tertiary/aromatic N) is 1. The van der Waals surface area contributed by atoms with Gasteiger partial charge in [0.15, 0.2) is 0 Å². The van der Waals surface area contributed by atoms with E-state index in [0.29, 0.717) is 24.7 Å². The molecule has 1 aliphatic heterocycles. The zero-order valence-electron chi connectivity index (χ0n) is 15.8. The van der Waals surface area contributed by atoms with Crippen LogP contribution in [0.4, 0.5) is 0 Å². The number of halogens is 1. The fourth-order valence-corrected chi connectivity index (χ4v) is 3.85. The summed E-state index contributed by atoms with van der Waals surface area (Å²) in [5, 5.41) is 1.52. The van der Waals surface area contributed by atoms with Crippen LogP contribution in [-0.2, 0) is 4.74 Å². The summed E-state index contributed by atoms with van der Waals surface area (Å²) < 4.78 is 5.83. The van der Waals surface area contributed by atoms with Gasteiger partial charge in [-0.15, -0.1) is 0 Å². The molecule has 1 saturated heterocycles. The van der Waals surface area contributed by atoms with E-state index >= 15 is 0 Å². The standard InChI is InChI=1S/C22H21ClN2O3/c1-13-9-14(2)20-16(10-13)11-18(21(26)24-20)22(27)25-7-8-28-19(12-25)15-3-5-17(23)6-4-15/h3-6,9-11,19H,7-8,12H2,1-2H3,(H,24,26). The second kappa shape index (κ2) is 7.41. The Hall–Kier alpha value is -2.63. The highest BCUT2D eigenvalue weighted by molar-refractivity contribution is 6.30. The van der Waals surface area contributed by atoms with Crippen LogP contribution in [-0.4, -0.2) is 35.5 Å². The van der Waals surface area contributed by atoms with Crippen molar-refractivity contribution in [1.82, 2.24) is 9.88 Å². The number of amides is 1. The third-order valence-corrected chi connectivity index (χ3v) is 5.37. The Labute approximate surface area is 167 Å². The monoisotopic (exact) mass is 396 g/mol. The Morgan fingerprint density at radius 3 is 2.68 bits per heavy atom. The average molecular weight is 397 g/mol. The molecule has 28 heavy (non-hydrogen) atoms. The molecule has 3 aromatic rings. The lowest BCUT2D eigenvalue weighted by Gasteiger charge is -2.33. The molecule has 6 heteroatoms. The number of carbonyl (C=O) groups is 1. The van der Waals surface area contributed by atoms with Gasteiger partial charge in [-0.05, 0) is 54.6 Å². The molecular formula is C22H21ClN2O3. The van der Waals surface area contributed by atoms with Crippen molar-refractivity contribution in [2.75, 3.05) is 19.7 Å². The van der Waals surface area contributed by atoms with E-state index in [-0.39, 0.29) is 23.1 Å². The van der Waals surface area contributed by atoms with E-state index in [1.165, 1.54) is 0 Å². The minimum absolute atomic E-state index is 0.161. The van der Waals surface area contributed by atoms with Gasteiger partial charge in [-0.3, -0.25) is 9.59 Å². The van der Waals surface area contributed by atoms with Crippen molar-refractivity contribution in [3.05, 3.63) is 80.1 Å². The quantitative estimate of drug-likeness (QED) is 0.711. The van der Waals surface area contributed by atoms with Crippen LogP contribution in [0.2, 0.25) is 5.02 Å². The lowest BCUT2D eigenvalue weighted by atomic mass is 10.0. The summed E-state index contributed by atoms with van der Waals surface area (Å²) in [5.41, 5.74) is 3.60. The Morgan fingerprint density at radius 1 is 1.18 bits per heavy atom. The van der Waals surface area contributed by atoms with Crippen LogP contribution in [0.15, 0.2) is 47.3 Å². The number of ether oxygens (including phenoxy) is 1. The molecule has 1 amide bonds. The first-order valence-electron chi connectivity index (χ1n) is 9.23. The fraction of sp³-hybridized carbons (Fsp3) is 0.273. The zero-order valence-corrected chi connectivity index (χ0v) is 16.5. The minimum Gasteiger partial charge on any atom is -0.370 e. The van der Waals surface area contributed by atoms with Crippen LogP contribution in [0, 0.1) is 13.8 Å². The molecule has 0 aliphatic carbocycles. The number of carbonyl (C=O) groups excluding carboxylic acids is 1. The van der Waals surface area contributed by atoms with Gasteiger partial charge in [0.05, 0.1) is 18.7 Å². The molecule has 1 aromatic heterocycles. The van der Waals surface area contributed by atoms with Crippen LogP contribution in [0.5, 0.6) is 0 Å². The number of benzene rings is 2. The Bertz CT molecular complexity index is 1110. The molecule has 5 nitrogen and oxygen atoms in total. The molecule has 1 atom stereocenters. The molecule has 144 valence electrons. The van der Waals surface area contributed by atoms with Crippen molar-refractivity contribution in [2.24, 2.45) is 0 Å². The maximum Gasteiger partial charge on any atom is 0.261 e. The van der Waals surface area contributed by atoms with Crippen LogP contribution in [0.1, 0.15) is 33.2 Å². The van der Waals surface area contributed by atoms with Gasteiger partial charge in [0, 0.05) is 11.6 Å². The lowest BCUT2D eigenvalue weighted by molar-refractivity contribution is -0.0228. The fourth-order valence-electron chi connectivity index (χ4n) is 3.73. The summed E-state index contributed by atoms with van der Waals surface area (Å²) in [5.74, 6) is -0.274. The number of hydrogen-bond donors (Lipinski definition) is 1. The summed E-state index contributed by atoms with van der Waals surface area (Å²) in [6.45, 7) is 5.21. The number of rotatable bonds is 2. The molecular weight excluding hydrogens is 376 g/mol. The summed E-state index contributed by atoms with van der Waals surface area (Å²) in [4.78, 5) is 30.2. The van der Waals surface area contributed by atoms with E-state index in [1.54, 1.807) is 23.1 Å². The number of pyridine rings is 1. The minimum atomic E-state index is -0.362. The second-order valence-corrected chi connectivity index (χ2v) is 7.66. The Morgan fingerprint density at radius 2 is 1.93 bits per heavy atom. The van der Waals surface area contributed by atoms with Gasteiger partial charge < -0.3 is 14.6 Å². The van der Waals surface area contributed by atoms with Gasteiger partial charge in [-0.25, -0.2) is 0 Å². The third kappa shape index (κ3) is 3.55. The van der Waals surface area contributed by atoms with Gasteiger partial charge in [0.2, 0.25) is 0 Å². The van der Waals surface area contributed by atoms with Crippen molar-refractivity contribution in [3.63, 3.8) is 0 Å². The van der Waals surface area contributed by atoms with Gasteiger partial charge in [0.25, 0.3) is 11.5 Å². The molecule has 0 saturated carbocycles. The van der Waals surface area contributed by atoms with Crippen LogP contribution in [0.25, 0.3) is 10.9 Å². The number of aromatic amines is 1. The van der Waals surface area contributed by atoms with E-state index in [1.807, 2.05) is 38.1 Å². The number of aryl methyl sites for hydroxylation is 2. The lowest BCUT2D eigenvalue weighted by Crippen LogP contribution is -2.43. The summed E-state index contributed by atoms with van der Waals surface area (Å²) in [7, 11) is 0. The molecule has 0 spiro atoms. The molecule has 0 radical (unpaired) electrons. The van der Waals surface area contributed by atoms with Crippen molar-refractivity contribution < 1.29 is 9.53 Å². The summed E-state index contributed by atoms with van der Waals surface area (Å²) >= 11 is 5.95. The maximum atomic E-state index is 13.1. The molecule has 4 rings (SSSR count). The largest absolute Gasteiger partial charge is 0.370 e. The van der Waals surface area contributed by atoms with E-state index in [2.05, 4.69) is 4.98 Å². The molecule has 1 N–H and O–H groups in total. The van der Waals surface area contributed by atoms with Crippen molar-refractivity contribution in [3.8, 4) is 0 Å². The van der Waals surface area contributed by atoms with Crippen LogP contribution < -0.4 is 5.56 Å². The van der Waals surface area contributed by atoms with Gasteiger partial charge in [0.1, 0.15) is 11.7 Å². The normalized spacial score (nSPS) is 17.1. The van der Waals surface area contributed by atoms with Crippen molar-refractivity contribution in [1.29, 1.82) is 0 Å². The highest BCUT2D eigenvalue weighted by Crippen LogP contribution is 2.25. The van der Waals surface area contributed by atoms with Crippen molar-refractivity contribution >= 4 is 28.4 Å². The second-order valence-electron chi connectivity index (χ2n) is 7.22. The molecule has 1 aliphatic rings. The van der Waals surface area contributed by atoms with E-state index in [9.17, 15) is 9.59 Å². The first-order valence-corrected chi connectivity index (χ1v) is 9.61. The Balaban J connectivity index is 1.64. The highest BCUT2D eigenvalue weighted by Gasteiger charge is 2.27. The predicted octanol–water partition coefficient (Wildman–Crippen LogP) is 4.01. The van der Waals surface area contributed by atoms with E-state index in [0.717, 1.165) is 27.6 Å². The van der Waals surface area contributed by atoms with E-state index in [4.69, 9.17) is 16.3 Å². The average Bonchev–Trinajstić information content (AvgIpc) is 2.68. The number of morpholine rings is 1. The first kappa shape index (κ1) is 18.7. The Kier molecular flexibility index (Phi) is 4.96. The predicted molar refractivity (Wildman–Crippen MR) is 110 cm³/mol. The van der Waals surface area contributed by atoms with Crippen LogP contribution >= 0.6 is 11.6 Å². The first-order chi connectivity index (χ1) is 13.4. The molecule has 1 unspecified atom stereocenters. The van der Waals surface area contributed by atoms with Crippen LogP contribution in [0.3, 0.4) is 0 Å². The molecule has 2 heterocycles. The summed E-state index contributed by atoms with van der Waals surface area (Å²) in [6.07, 6.45) is -0.237. The molecule has 2 aromatic carbocycles. The number of nitrogens with one attached hydrogen (secondary N) is 1. The zero-order chi connectivity index (χ0) is 19.8. The van der Waals surface area contributed by atoms with E-state index < -0.39 is 0 Å². The van der Waals surface area contributed by atoms with Gasteiger partial charge in [-0.2, -0.15) is 0 Å². The number of H-pyrrole nitrogens is 1. The highest BCUT2D eigenvalue weighted by atomic mass is 35.5. The topological polar surface area (TPSA) is 62.4 Å². The SMILES string of the molecule is Cc1cc(C)c2[nH]c(=O)c(C(=O)N3CCOC(c4ccc(Cl)cc4)C3)cc2c1. The number of aromatic nitrogens is 1. The third-order valence-electron chi connectivity index (χ3n) is 5.12. The summed E-state index contributed by atoms with van der Waals surface area (Å²) in [6, 6.07) is 13.1. The maximum absolute atomic E-state index is 13.1. The number of fused-ring (bicyclic) bond motifs is 1. The van der Waals surface area contributed by atoms with Gasteiger partial charge >= 0.3 is 0 Å². The molecule has 1 fully saturated rings. The number of hydrogen-bond acceptors (Lipinski definition) is 3. The molecule has 0 bridgehead atoms. The van der Waals surface area contributed by atoms with Gasteiger partial charge in [-0.1, -0.05) is 35.4 Å². The van der Waals surface area contributed by atoms with Crippen molar-refractivity contribution in [2.45, 2.75) is 20.0 Å².